The Kier molecular flexibility index (Phi) is 3.67. The molecule has 1 unspecified atom stereocenters. The minimum atomic E-state index is -0.268. The zero-order chi connectivity index (χ0) is 11.5. The summed E-state index contributed by atoms with van der Waals surface area (Å²) in [5.74, 6) is 0.578. The Morgan fingerprint density at radius 2 is 1.80 bits per heavy atom. The Bertz CT molecular complexity index is 324. The van der Waals surface area contributed by atoms with Gasteiger partial charge in [-0.05, 0) is 24.8 Å². The molecule has 15 heavy (non-hydrogen) atoms. The van der Waals surface area contributed by atoms with E-state index in [0.717, 1.165) is 6.42 Å². The number of hydrogen-bond acceptors (Lipinski definition) is 1. The Morgan fingerprint density at radius 1 is 1.27 bits per heavy atom. The molecule has 0 bridgehead atoms. The molecule has 0 heterocycles. The van der Waals surface area contributed by atoms with Gasteiger partial charge in [0.15, 0.2) is 0 Å². The summed E-state index contributed by atoms with van der Waals surface area (Å²) in [4.78, 5) is 11.6. The van der Waals surface area contributed by atoms with Crippen molar-refractivity contribution in [1.29, 1.82) is 0 Å². The highest BCUT2D eigenvalue weighted by molar-refractivity contribution is 5.82. The van der Waals surface area contributed by atoms with Crippen LogP contribution in [-0.4, -0.2) is 5.78 Å². The van der Waals surface area contributed by atoms with Crippen LogP contribution in [0.3, 0.4) is 0 Å². The summed E-state index contributed by atoms with van der Waals surface area (Å²) >= 11 is 0. The van der Waals surface area contributed by atoms with Crippen molar-refractivity contribution in [2.45, 2.75) is 40.0 Å². The average Bonchev–Trinajstić information content (AvgIpc) is 2.19. The highest BCUT2D eigenvalue weighted by atomic mass is 16.1. The Morgan fingerprint density at radius 3 is 2.20 bits per heavy atom. The van der Waals surface area contributed by atoms with E-state index in [0.29, 0.717) is 5.92 Å². The summed E-state index contributed by atoms with van der Waals surface area (Å²) in [7, 11) is 0. The maximum atomic E-state index is 11.6. The molecule has 0 amide bonds. The van der Waals surface area contributed by atoms with Gasteiger partial charge in [-0.15, -0.1) is 0 Å². The van der Waals surface area contributed by atoms with Gasteiger partial charge in [-0.3, -0.25) is 4.79 Å². The maximum Gasteiger partial charge on any atom is 0.136 e. The largest absolute Gasteiger partial charge is 0.299 e. The van der Waals surface area contributed by atoms with Crippen LogP contribution in [0.2, 0.25) is 0 Å². The van der Waals surface area contributed by atoms with Crippen LogP contribution >= 0.6 is 0 Å². The molecule has 82 valence electrons. The smallest absolute Gasteiger partial charge is 0.136 e. The predicted molar refractivity (Wildman–Crippen MR) is 63.9 cm³/mol. The lowest BCUT2D eigenvalue weighted by molar-refractivity contribution is -0.126. The lowest BCUT2D eigenvalue weighted by Gasteiger charge is -2.31. The van der Waals surface area contributed by atoms with Crippen LogP contribution in [0.15, 0.2) is 30.3 Å². The van der Waals surface area contributed by atoms with Gasteiger partial charge in [-0.1, -0.05) is 51.1 Å². The molecule has 0 N–H and O–H groups in total. The van der Waals surface area contributed by atoms with Crippen molar-refractivity contribution in [2.75, 3.05) is 0 Å². The normalized spacial score (nSPS) is 13.6. The molecule has 1 atom stereocenters. The van der Waals surface area contributed by atoms with Crippen LogP contribution in [0.1, 0.15) is 45.6 Å². The van der Waals surface area contributed by atoms with Crippen LogP contribution in [-0.2, 0) is 4.79 Å². The average molecular weight is 204 g/mol. The van der Waals surface area contributed by atoms with Gasteiger partial charge < -0.3 is 0 Å². The van der Waals surface area contributed by atoms with Crippen LogP contribution in [0.5, 0.6) is 0 Å². The van der Waals surface area contributed by atoms with Gasteiger partial charge in [0, 0.05) is 5.41 Å². The van der Waals surface area contributed by atoms with E-state index in [9.17, 15) is 4.79 Å². The number of carbonyl (C=O) groups excluding carboxylic acids is 1. The molecule has 1 aromatic carbocycles. The van der Waals surface area contributed by atoms with Gasteiger partial charge in [0.05, 0.1) is 0 Å². The van der Waals surface area contributed by atoms with Crippen LogP contribution in [0.4, 0.5) is 0 Å². The van der Waals surface area contributed by atoms with Gasteiger partial charge in [-0.2, -0.15) is 0 Å². The topological polar surface area (TPSA) is 17.1 Å². The summed E-state index contributed by atoms with van der Waals surface area (Å²) in [5, 5.41) is 0. The Hall–Kier alpha value is -1.11. The van der Waals surface area contributed by atoms with Crippen LogP contribution < -0.4 is 0 Å². The van der Waals surface area contributed by atoms with E-state index in [4.69, 9.17) is 0 Å². The fourth-order valence-electron chi connectivity index (χ4n) is 2.09. The molecular weight excluding hydrogens is 184 g/mol. The molecule has 0 aliphatic rings. The molecule has 1 nitrogen and oxygen atoms in total. The Labute approximate surface area is 92.5 Å². The van der Waals surface area contributed by atoms with E-state index in [1.165, 1.54) is 5.56 Å². The molecule has 0 spiro atoms. The lowest BCUT2D eigenvalue weighted by atomic mass is 9.71. The molecule has 0 aliphatic carbocycles. The maximum absolute atomic E-state index is 11.6. The molecule has 0 radical (unpaired) electrons. The third-order valence-corrected chi connectivity index (χ3v) is 3.39. The van der Waals surface area contributed by atoms with E-state index >= 15 is 0 Å². The van der Waals surface area contributed by atoms with Gasteiger partial charge in [0.25, 0.3) is 0 Å². The van der Waals surface area contributed by atoms with Gasteiger partial charge in [0.1, 0.15) is 5.78 Å². The molecule has 0 saturated heterocycles. The molecule has 0 aromatic heterocycles. The predicted octanol–water partition coefficient (Wildman–Crippen LogP) is 3.80. The SMILES string of the molecule is CCC(c1ccccc1)C(C)(C)C(C)=O. The van der Waals surface area contributed by atoms with Crippen LogP contribution in [0.25, 0.3) is 0 Å². The standard InChI is InChI=1S/C14H20O/c1-5-13(14(3,4)11(2)15)12-9-7-6-8-10-12/h6-10,13H,5H2,1-4H3. The summed E-state index contributed by atoms with van der Waals surface area (Å²) < 4.78 is 0. The molecule has 0 aliphatic heterocycles. The quantitative estimate of drug-likeness (QED) is 0.729. The minimum Gasteiger partial charge on any atom is -0.299 e. The van der Waals surface area contributed by atoms with Crippen molar-refractivity contribution in [3.8, 4) is 0 Å². The summed E-state index contributed by atoms with van der Waals surface area (Å²) in [6.45, 7) is 7.90. The third kappa shape index (κ3) is 2.47. The first-order valence-corrected chi connectivity index (χ1v) is 5.56. The number of rotatable bonds is 4. The summed E-state index contributed by atoms with van der Waals surface area (Å²) in [6, 6.07) is 10.3. The van der Waals surface area contributed by atoms with Gasteiger partial charge in [0.2, 0.25) is 0 Å². The molecular formula is C14H20O. The fraction of sp³-hybridized carbons (Fsp3) is 0.500. The van der Waals surface area contributed by atoms with Crippen molar-refractivity contribution in [2.24, 2.45) is 5.41 Å². The second-order valence-corrected chi connectivity index (χ2v) is 4.65. The number of ketones is 1. The molecule has 1 rings (SSSR count). The van der Waals surface area contributed by atoms with Crippen molar-refractivity contribution in [3.63, 3.8) is 0 Å². The summed E-state index contributed by atoms with van der Waals surface area (Å²) in [6.07, 6.45) is 0.997. The molecule has 0 saturated carbocycles. The number of Topliss-reactive ketones (excluding diaryl/α,β-unsaturated/α-hetero) is 1. The van der Waals surface area contributed by atoms with E-state index in [1.54, 1.807) is 6.92 Å². The third-order valence-electron chi connectivity index (χ3n) is 3.39. The fourth-order valence-corrected chi connectivity index (χ4v) is 2.09. The van der Waals surface area contributed by atoms with Gasteiger partial charge >= 0.3 is 0 Å². The highest BCUT2D eigenvalue weighted by Gasteiger charge is 2.33. The second kappa shape index (κ2) is 4.61. The first-order chi connectivity index (χ1) is 7.00. The van der Waals surface area contributed by atoms with Crippen molar-refractivity contribution >= 4 is 5.78 Å². The Balaban J connectivity index is 3.05. The number of carbonyl (C=O) groups is 1. The zero-order valence-corrected chi connectivity index (χ0v) is 10.1. The number of benzene rings is 1. The van der Waals surface area contributed by atoms with Crippen molar-refractivity contribution in [1.82, 2.24) is 0 Å². The van der Waals surface area contributed by atoms with Crippen molar-refractivity contribution < 1.29 is 4.79 Å². The first-order valence-electron chi connectivity index (χ1n) is 5.56. The molecule has 1 heteroatoms. The van der Waals surface area contributed by atoms with Crippen LogP contribution in [0, 0.1) is 5.41 Å². The molecule has 1 aromatic rings. The highest BCUT2D eigenvalue weighted by Crippen LogP contribution is 2.38. The lowest BCUT2D eigenvalue weighted by Crippen LogP contribution is -2.29. The summed E-state index contributed by atoms with van der Waals surface area (Å²) in [5.41, 5.74) is 0.996. The van der Waals surface area contributed by atoms with E-state index < -0.39 is 0 Å². The molecule has 0 fully saturated rings. The van der Waals surface area contributed by atoms with Gasteiger partial charge in [-0.25, -0.2) is 0 Å². The minimum absolute atomic E-state index is 0.262. The zero-order valence-electron chi connectivity index (χ0n) is 10.1. The van der Waals surface area contributed by atoms with E-state index in [1.807, 2.05) is 32.0 Å². The monoisotopic (exact) mass is 204 g/mol. The van der Waals surface area contributed by atoms with E-state index in [2.05, 4.69) is 19.1 Å². The van der Waals surface area contributed by atoms with Crippen molar-refractivity contribution in [3.05, 3.63) is 35.9 Å². The first kappa shape index (κ1) is 12.0. The second-order valence-electron chi connectivity index (χ2n) is 4.65. The number of hydrogen-bond donors (Lipinski definition) is 0. The van der Waals surface area contributed by atoms with E-state index in [-0.39, 0.29) is 11.2 Å².